The molecule has 0 bridgehead atoms. The average molecular weight is 581 g/mol. The first kappa shape index (κ1) is 32.8. The fraction of sp³-hybridized carbons (Fsp3) is 0.609. The van der Waals surface area contributed by atoms with Crippen LogP contribution in [0.5, 0.6) is 0 Å². The highest BCUT2D eigenvalue weighted by atomic mass is 79.9. The Bertz CT molecular complexity index is 927. The minimum atomic E-state index is -3.80. The molecule has 0 aromatic heterocycles. The van der Waals surface area contributed by atoms with Gasteiger partial charge in [-0.2, -0.15) is 0 Å². The van der Waals surface area contributed by atoms with Crippen molar-refractivity contribution >= 4 is 44.7 Å². The monoisotopic (exact) mass is 579 g/mol. The van der Waals surface area contributed by atoms with Crippen molar-refractivity contribution in [2.24, 2.45) is 0 Å². The second kappa shape index (κ2) is 14.4. The van der Waals surface area contributed by atoms with Gasteiger partial charge in [0.1, 0.15) is 29.7 Å². The molecule has 12 heteroatoms. The maximum Gasteiger partial charge on any atom is 0.408 e. The topological polar surface area (TPSA) is 144 Å². The molecule has 0 aliphatic rings. The number of carbonyl (C=O) groups is 2. The molecule has 0 spiro atoms. The molecule has 200 valence electrons. The van der Waals surface area contributed by atoms with E-state index in [1.807, 2.05) is 30.3 Å². The van der Waals surface area contributed by atoms with Gasteiger partial charge in [-0.05, 0) is 47.1 Å². The maximum absolute atomic E-state index is 12.6. The van der Waals surface area contributed by atoms with E-state index in [0.717, 1.165) is 5.56 Å². The molecule has 3 N–H and O–H groups in total. The van der Waals surface area contributed by atoms with Crippen molar-refractivity contribution in [3.8, 4) is 0 Å². The van der Waals surface area contributed by atoms with Crippen molar-refractivity contribution in [1.82, 2.24) is 10.6 Å². The van der Waals surface area contributed by atoms with Gasteiger partial charge in [-0.25, -0.2) is 18.0 Å². The first-order chi connectivity index (χ1) is 15.6. The SMILES string of the molecule is Br.CC(C)(C)OC(=O)NC(CS(=O)(=O)CCNC(=N)COCc1ccccc1)C(=O)OC(C)(C)C. The molecule has 1 rings (SSSR count). The number of amides is 1. The Hall–Kier alpha value is -2.18. The van der Waals surface area contributed by atoms with E-state index >= 15 is 0 Å². The number of nitrogens with one attached hydrogen (secondary N) is 3. The summed E-state index contributed by atoms with van der Waals surface area (Å²) in [6.07, 6.45) is -0.922. The molecule has 0 heterocycles. The van der Waals surface area contributed by atoms with Crippen LogP contribution in [0, 0.1) is 5.41 Å². The van der Waals surface area contributed by atoms with Crippen molar-refractivity contribution in [2.45, 2.75) is 65.4 Å². The summed E-state index contributed by atoms with van der Waals surface area (Å²) in [5.41, 5.74) is -0.733. The number of carbonyl (C=O) groups excluding carboxylic acids is 2. The second-order valence-electron chi connectivity index (χ2n) is 9.73. The van der Waals surface area contributed by atoms with Gasteiger partial charge in [-0.15, -0.1) is 17.0 Å². The number of esters is 1. The summed E-state index contributed by atoms with van der Waals surface area (Å²) in [7, 11) is -3.80. The van der Waals surface area contributed by atoms with Crippen LogP contribution in [0.15, 0.2) is 30.3 Å². The van der Waals surface area contributed by atoms with E-state index < -0.39 is 44.9 Å². The van der Waals surface area contributed by atoms with Gasteiger partial charge in [0.2, 0.25) is 0 Å². The predicted molar refractivity (Wildman–Crippen MR) is 140 cm³/mol. The molecule has 0 aliphatic heterocycles. The largest absolute Gasteiger partial charge is 0.458 e. The number of rotatable bonds is 11. The van der Waals surface area contributed by atoms with E-state index in [1.165, 1.54) is 0 Å². The Balaban J connectivity index is 0.0000116. The van der Waals surface area contributed by atoms with Crippen LogP contribution < -0.4 is 10.6 Å². The zero-order valence-corrected chi connectivity index (χ0v) is 23.7. The fourth-order valence-corrected chi connectivity index (χ4v) is 3.89. The lowest BCUT2D eigenvalue weighted by Gasteiger charge is -2.26. The van der Waals surface area contributed by atoms with Crippen molar-refractivity contribution in [3.63, 3.8) is 0 Å². The van der Waals surface area contributed by atoms with Crippen LogP contribution in [-0.2, 0) is 35.4 Å². The zero-order chi connectivity index (χ0) is 26.0. The van der Waals surface area contributed by atoms with Crippen LogP contribution in [0.25, 0.3) is 0 Å². The highest BCUT2D eigenvalue weighted by Crippen LogP contribution is 2.11. The van der Waals surface area contributed by atoms with Gasteiger partial charge < -0.3 is 24.8 Å². The van der Waals surface area contributed by atoms with E-state index in [9.17, 15) is 18.0 Å². The molecule has 1 amide bonds. The van der Waals surface area contributed by atoms with Crippen LogP contribution in [0.2, 0.25) is 0 Å². The smallest absolute Gasteiger partial charge is 0.408 e. The Morgan fingerprint density at radius 3 is 2.11 bits per heavy atom. The Morgan fingerprint density at radius 1 is 1.00 bits per heavy atom. The Kier molecular flexibility index (Phi) is 13.5. The standard InChI is InChI=1S/C23H37N3O7S.BrH/c1-22(2,3)32-20(27)18(26-21(28)33-23(4,5)6)16-34(29,30)13-12-25-19(24)15-31-14-17-10-8-7-9-11-17;/h7-11,18H,12-16H2,1-6H3,(H2,24,25)(H,26,28);1H. The minimum absolute atomic E-state index is 0. The average Bonchev–Trinajstić information content (AvgIpc) is 2.65. The fourth-order valence-electron chi connectivity index (χ4n) is 2.58. The van der Waals surface area contributed by atoms with Gasteiger partial charge >= 0.3 is 12.1 Å². The number of sulfone groups is 1. The van der Waals surface area contributed by atoms with Gasteiger partial charge in [-0.1, -0.05) is 30.3 Å². The van der Waals surface area contributed by atoms with E-state index in [1.54, 1.807) is 41.5 Å². The third-order valence-corrected chi connectivity index (χ3v) is 5.58. The molecule has 0 saturated carbocycles. The number of alkyl carbamates (subject to hydrolysis) is 1. The molecule has 0 radical (unpaired) electrons. The van der Waals surface area contributed by atoms with E-state index in [-0.39, 0.29) is 41.7 Å². The summed E-state index contributed by atoms with van der Waals surface area (Å²) < 4.78 is 41.1. The molecule has 1 atom stereocenters. The van der Waals surface area contributed by atoms with Crippen molar-refractivity contribution in [1.29, 1.82) is 5.41 Å². The van der Waals surface area contributed by atoms with Gasteiger partial charge in [0.05, 0.1) is 18.1 Å². The summed E-state index contributed by atoms with van der Waals surface area (Å²) in [5.74, 6) is -1.87. The molecular weight excluding hydrogens is 542 g/mol. The van der Waals surface area contributed by atoms with Crippen LogP contribution >= 0.6 is 17.0 Å². The van der Waals surface area contributed by atoms with Crippen LogP contribution in [0.3, 0.4) is 0 Å². The lowest BCUT2D eigenvalue weighted by Crippen LogP contribution is -2.50. The molecule has 1 aromatic rings. The van der Waals surface area contributed by atoms with E-state index in [4.69, 9.17) is 19.6 Å². The summed E-state index contributed by atoms with van der Waals surface area (Å²) >= 11 is 0. The van der Waals surface area contributed by atoms with Gasteiger partial charge in [0.15, 0.2) is 9.84 Å². The number of amidine groups is 1. The highest BCUT2D eigenvalue weighted by molar-refractivity contribution is 8.93. The van der Waals surface area contributed by atoms with Crippen molar-refractivity contribution < 1.29 is 32.2 Å². The van der Waals surface area contributed by atoms with Gasteiger partial charge in [0, 0.05) is 6.54 Å². The highest BCUT2D eigenvalue weighted by Gasteiger charge is 2.32. The van der Waals surface area contributed by atoms with Crippen molar-refractivity contribution in [2.75, 3.05) is 24.7 Å². The first-order valence-corrected chi connectivity index (χ1v) is 12.7. The van der Waals surface area contributed by atoms with Crippen LogP contribution in [0.4, 0.5) is 4.79 Å². The molecule has 0 aliphatic carbocycles. The van der Waals surface area contributed by atoms with Crippen LogP contribution in [-0.4, -0.2) is 68.2 Å². The summed E-state index contributed by atoms with van der Waals surface area (Å²) in [6.45, 7) is 10.1. The maximum atomic E-state index is 12.6. The zero-order valence-electron chi connectivity index (χ0n) is 21.2. The molecule has 0 saturated heterocycles. The lowest BCUT2D eigenvalue weighted by molar-refractivity contribution is -0.156. The molecule has 10 nitrogen and oxygen atoms in total. The number of benzene rings is 1. The normalized spacial score (nSPS) is 12.6. The van der Waals surface area contributed by atoms with Gasteiger partial charge in [-0.3, -0.25) is 5.41 Å². The number of hydrogen-bond donors (Lipinski definition) is 3. The summed E-state index contributed by atoms with van der Waals surface area (Å²) in [5, 5.41) is 12.9. The molecule has 35 heavy (non-hydrogen) atoms. The van der Waals surface area contributed by atoms with Crippen molar-refractivity contribution in [3.05, 3.63) is 35.9 Å². The molecule has 1 aromatic carbocycles. The molecule has 0 fully saturated rings. The number of halogens is 1. The predicted octanol–water partition coefficient (Wildman–Crippen LogP) is 3.00. The number of hydrogen-bond acceptors (Lipinski definition) is 8. The molecular formula is C23H38BrN3O7S. The molecule has 1 unspecified atom stereocenters. The lowest BCUT2D eigenvalue weighted by atomic mass is 10.2. The van der Waals surface area contributed by atoms with Gasteiger partial charge in [0.25, 0.3) is 0 Å². The Morgan fingerprint density at radius 2 is 1.57 bits per heavy atom. The third-order valence-electron chi connectivity index (χ3n) is 3.91. The van der Waals surface area contributed by atoms with E-state index in [0.29, 0.717) is 6.61 Å². The Labute approximate surface area is 218 Å². The third kappa shape index (κ3) is 16.2. The summed E-state index contributed by atoms with van der Waals surface area (Å²) in [4.78, 5) is 24.7. The number of ether oxygens (including phenoxy) is 3. The van der Waals surface area contributed by atoms with E-state index in [2.05, 4.69) is 10.6 Å². The second-order valence-corrected chi connectivity index (χ2v) is 12.0. The minimum Gasteiger partial charge on any atom is -0.458 e. The summed E-state index contributed by atoms with van der Waals surface area (Å²) in [6, 6.07) is 8.02. The quantitative estimate of drug-likeness (QED) is 0.206. The first-order valence-electron chi connectivity index (χ1n) is 10.9. The van der Waals surface area contributed by atoms with Crippen LogP contribution in [0.1, 0.15) is 47.1 Å².